The number of carboxylic acid groups (broad SMARTS) is 1. The Morgan fingerprint density at radius 1 is 1.15 bits per heavy atom. The third-order valence-corrected chi connectivity index (χ3v) is 4.09. The number of benzene rings is 2. The molecule has 0 amide bonds. The van der Waals surface area contributed by atoms with E-state index in [1.807, 2.05) is 6.07 Å². The molecule has 0 spiro atoms. The van der Waals surface area contributed by atoms with Crippen LogP contribution < -0.4 is 0 Å². The zero-order chi connectivity index (χ0) is 19.6. The van der Waals surface area contributed by atoms with Gasteiger partial charge in [0.15, 0.2) is 11.5 Å². The summed E-state index contributed by atoms with van der Waals surface area (Å²) in [5.41, 5.74) is 0.534. The van der Waals surface area contributed by atoms with E-state index in [1.165, 1.54) is 18.2 Å². The number of pyridine rings is 1. The van der Waals surface area contributed by atoms with Crippen molar-refractivity contribution in [3.05, 3.63) is 59.5 Å². The third kappa shape index (κ3) is 3.46. The Balaban J connectivity index is 2.17. The van der Waals surface area contributed by atoms with E-state index in [4.69, 9.17) is 5.11 Å². The summed E-state index contributed by atoms with van der Waals surface area (Å²) in [4.78, 5) is 27.0. The predicted molar refractivity (Wildman–Crippen MR) is 94.7 cm³/mol. The minimum Gasteiger partial charge on any atom is -0.504 e. The molecule has 7 heteroatoms. The predicted octanol–water partition coefficient (Wildman–Crippen LogP) is 3.67. The standard InChI is InChI=1S/C20H13FN2O4/c21-15-4-2-1-3-12(15)11-5-6-13-14(10-22)20(27)19(23-16(13)9-11)17(24)7-8-18(25)26/h1-6,9,27H,7-8H2,(H,25,26). The zero-order valence-electron chi connectivity index (χ0n) is 13.9. The summed E-state index contributed by atoms with van der Waals surface area (Å²) in [6.45, 7) is 0. The first-order valence-electron chi connectivity index (χ1n) is 7.99. The van der Waals surface area contributed by atoms with Crippen molar-refractivity contribution >= 4 is 22.7 Å². The van der Waals surface area contributed by atoms with Gasteiger partial charge in [-0.15, -0.1) is 0 Å². The second kappa shape index (κ2) is 7.22. The molecule has 6 nitrogen and oxygen atoms in total. The van der Waals surface area contributed by atoms with Crippen LogP contribution in [0, 0.1) is 17.1 Å². The van der Waals surface area contributed by atoms with Gasteiger partial charge in [-0.3, -0.25) is 9.59 Å². The number of hydrogen-bond acceptors (Lipinski definition) is 5. The number of carbonyl (C=O) groups is 2. The van der Waals surface area contributed by atoms with E-state index in [1.54, 1.807) is 24.3 Å². The Kier molecular flexibility index (Phi) is 4.81. The van der Waals surface area contributed by atoms with E-state index in [-0.39, 0.29) is 23.2 Å². The molecule has 27 heavy (non-hydrogen) atoms. The minimum atomic E-state index is -1.16. The average molecular weight is 364 g/mol. The van der Waals surface area contributed by atoms with Gasteiger partial charge >= 0.3 is 5.97 Å². The second-order valence-corrected chi connectivity index (χ2v) is 5.82. The summed E-state index contributed by atoms with van der Waals surface area (Å²) in [6.07, 6.45) is -0.783. The Morgan fingerprint density at radius 3 is 2.56 bits per heavy atom. The average Bonchev–Trinajstić information content (AvgIpc) is 2.65. The van der Waals surface area contributed by atoms with E-state index in [0.29, 0.717) is 16.5 Å². The number of aliphatic carboxylic acids is 1. The summed E-state index contributed by atoms with van der Waals surface area (Å²) in [5, 5.41) is 28.6. The fraction of sp³-hybridized carbons (Fsp3) is 0.100. The molecule has 0 aliphatic carbocycles. The number of ketones is 1. The summed E-state index contributed by atoms with van der Waals surface area (Å²) in [7, 11) is 0. The SMILES string of the molecule is N#Cc1c(O)c(C(=O)CCC(=O)O)nc2cc(-c3ccccc3F)ccc12. The first-order valence-corrected chi connectivity index (χ1v) is 7.99. The molecule has 3 rings (SSSR count). The number of aromatic nitrogens is 1. The molecule has 0 radical (unpaired) electrons. The van der Waals surface area contributed by atoms with Crippen molar-refractivity contribution in [2.24, 2.45) is 0 Å². The van der Waals surface area contributed by atoms with Crippen molar-refractivity contribution in [3.63, 3.8) is 0 Å². The van der Waals surface area contributed by atoms with Crippen LogP contribution in [0.25, 0.3) is 22.0 Å². The molecule has 2 N–H and O–H groups in total. The number of Topliss-reactive ketones (excluding diaryl/α,β-unsaturated/α-hetero) is 1. The molecule has 1 aromatic heterocycles. The molecule has 0 saturated heterocycles. The molecule has 0 aliphatic rings. The number of hydrogen-bond donors (Lipinski definition) is 2. The van der Waals surface area contributed by atoms with Crippen LogP contribution >= 0.6 is 0 Å². The smallest absolute Gasteiger partial charge is 0.303 e. The van der Waals surface area contributed by atoms with Gasteiger partial charge in [0.1, 0.15) is 23.1 Å². The maximum atomic E-state index is 14.0. The van der Waals surface area contributed by atoms with Gasteiger partial charge in [0, 0.05) is 17.4 Å². The molecule has 3 aromatic rings. The Labute approximate surface area is 153 Å². The van der Waals surface area contributed by atoms with Gasteiger partial charge in [0.2, 0.25) is 0 Å². The van der Waals surface area contributed by atoms with Gasteiger partial charge in [0.25, 0.3) is 0 Å². The van der Waals surface area contributed by atoms with Gasteiger partial charge < -0.3 is 10.2 Å². The Hall–Kier alpha value is -3.79. The van der Waals surface area contributed by atoms with Crippen molar-refractivity contribution < 1.29 is 24.2 Å². The number of aromatic hydroxyl groups is 1. The van der Waals surface area contributed by atoms with E-state index in [9.17, 15) is 24.3 Å². The fourth-order valence-electron chi connectivity index (χ4n) is 2.76. The van der Waals surface area contributed by atoms with E-state index < -0.39 is 29.7 Å². The number of carbonyl (C=O) groups excluding carboxylic acids is 1. The van der Waals surface area contributed by atoms with Gasteiger partial charge in [-0.2, -0.15) is 5.26 Å². The lowest BCUT2D eigenvalue weighted by atomic mass is 9.99. The highest BCUT2D eigenvalue weighted by Gasteiger charge is 2.21. The van der Waals surface area contributed by atoms with Crippen LogP contribution in [0.4, 0.5) is 4.39 Å². The lowest BCUT2D eigenvalue weighted by Crippen LogP contribution is -2.07. The molecule has 0 bridgehead atoms. The van der Waals surface area contributed by atoms with E-state index in [0.717, 1.165) is 0 Å². The lowest BCUT2D eigenvalue weighted by molar-refractivity contribution is -0.136. The van der Waals surface area contributed by atoms with Crippen molar-refractivity contribution in [3.8, 4) is 22.9 Å². The molecule has 0 aliphatic heterocycles. The van der Waals surface area contributed by atoms with Crippen molar-refractivity contribution in [1.29, 1.82) is 5.26 Å². The van der Waals surface area contributed by atoms with Crippen molar-refractivity contribution in [2.75, 3.05) is 0 Å². The monoisotopic (exact) mass is 364 g/mol. The largest absolute Gasteiger partial charge is 0.504 e. The third-order valence-electron chi connectivity index (χ3n) is 4.09. The van der Waals surface area contributed by atoms with Gasteiger partial charge in [-0.25, -0.2) is 9.37 Å². The summed E-state index contributed by atoms with van der Waals surface area (Å²) in [6, 6.07) is 12.6. The molecular weight excluding hydrogens is 351 g/mol. The Morgan fingerprint density at radius 2 is 1.89 bits per heavy atom. The van der Waals surface area contributed by atoms with Crippen LogP contribution in [-0.2, 0) is 4.79 Å². The van der Waals surface area contributed by atoms with Crippen LogP contribution in [0.15, 0.2) is 42.5 Å². The van der Waals surface area contributed by atoms with Crippen LogP contribution in [0.1, 0.15) is 28.9 Å². The highest BCUT2D eigenvalue weighted by Crippen LogP contribution is 2.32. The second-order valence-electron chi connectivity index (χ2n) is 5.82. The maximum Gasteiger partial charge on any atom is 0.303 e. The normalized spacial score (nSPS) is 10.5. The quantitative estimate of drug-likeness (QED) is 0.668. The highest BCUT2D eigenvalue weighted by molar-refractivity contribution is 6.02. The van der Waals surface area contributed by atoms with E-state index in [2.05, 4.69) is 4.98 Å². The van der Waals surface area contributed by atoms with Crippen LogP contribution in [-0.4, -0.2) is 26.9 Å². The molecule has 0 atom stereocenters. The molecule has 1 heterocycles. The lowest BCUT2D eigenvalue weighted by Gasteiger charge is -2.10. The van der Waals surface area contributed by atoms with Gasteiger partial charge in [0.05, 0.1) is 11.9 Å². The van der Waals surface area contributed by atoms with Crippen molar-refractivity contribution in [1.82, 2.24) is 4.98 Å². The first kappa shape index (κ1) is 18.0. The molecule has 0 fully saturated rings. The summed E-state index contributed by atoms with van der Waals surface area (Å²) >= 11 is 0. The Bertz CT molecular complexity index is 1120. The number of fused-ring (bicyclic) bond motifs is 1. The molecule has 134 valence electrons. The number of rotatable bonds is 5. The van der Waals surface area contributed by atoms with Crippen LogP contribution in [0.3, 0.4) is 0 Å². The number of nitriles is 1. The van der Waals surface area contributed by atoms with Crippen molar-refractivity contribution in [2.45, 2.75) is 12.8 Å². The van der Waals surface area contributed by atoms with Gasteiger partial charge in [-0.1, -0.05) is 30.3 Å². The summed E-state index contributed by atoms with van der Waals surface area (Å²) < 4.78 is 14.0. The molecular formula is C20H13FN2O4. The topological polar surface area (TPSA) is 111 Å². The highest BCUT2D eigenvalue weighted by atomic mass is 19.1. The van der Waals surface area contributed by atoms with E-state index >= 15 is 0 Å². The first-order chi connectivity index (χ1) is 12.9. The number of halogens is 1. The molecule has 0 saturated carbocycles. The number of nitrogens with zero attached hydrogens (tertiary/aromatic N) is 2. The minimum absolute atomic E-state index is 0.140. The van der Waals surface area contributed by atoms with Crippen LogP contribution in [0.2, 0.25) is 0 Å². The fourth-order valence-corrected chi connectivity index (χ4v) is 2.76. The number of carboxylic acids is 1. The maximum absolute atomic E-state index is 14.0. The van der Waals surface area contributed by atoms with Crippen LogP contribution in [0.5, 0.6) is 5.75 Å². The summed E-state index contributed by atoms with van der Waals surface area (Å²) in [5.74, 6) is -2.87. The molecule has 0 unspecified atom stereocenters. The molecule has 2 aromatic carbocycles. The van der Waals surface area contributed by atoms with Gasteiger partial charge in [-0.05, 0) is 17.7 Å². The zero-order valence-corrected chi connectivity index (χ0v) is 13.9.